The van der Waals surface area contributed by atoms with E-state index >= 15 is 0 Å². The molecule has 0 aromatic carbocycles. The van der Waals surface area contributed by atoms with Crippen molar-refractivity contribution >= 4 is 5.91 Å². The fraction of sp³-hybridized carbons (Fsp3) is 0.667. The van der Waals surface area contributed by atoms with E-state index in [0.717, 1.165) is 52.1 Å². The maximum atomic E-state index is 12.9. The first-order chi connectivity index (χ1) is 11.3. The Kier molecular flexibility index (Phi) is 4.31. The summed E-state index contributed by atoms with van der Waals surface area (Å²) in [7, 11) is 0. The SMILES string of the molecule is O=C(c1ccccn1)N1C[C@H]2CC[C@@H]1CN(C1CCOCC1)C2. The van der Waals surface area contributed by atoms with Crippen molar-refractivity contribution in [1.82, 2.24) is 14.8 Å². The molecule has 5 heteroatoms. The van der Waals surface area contributed by atoms with Crippen LogP contribution >= 0.6 is 0 Å². The average Bonchev–Trinajstić information content (AvgIpc) is 2.94. The Labute approximate surface area is 137 Å². The van der Waals surface area contributed by atoms with Crippen molar-refractivity contribution in [1.29, 1.82) is 0 Å². The summed E-state index contributed by atoms with van der Waals surface area (Å²) in [5.41, 5.74) is 0.581. The molecule has 4 aliphatic heterocycles. The molecule has 4 aliphatic rings. The van der Waals surface area contributed by atoms with Gasteiger partial charge in [-0.2, -0.15) is 0 Å². The van der Waals surface area contributed by atoms with Crippen molar-refractivity contribution < 1.29 is 9.53 Å². The number of rotatable bonds is 2. The number of carbonyl (C=O) groups is 1. The van der Waals surface area contributed by atoms with Gasteiger partial charge in [0.15, 0.2) is 0 Å². The van der Waals surface area contributed by atoms with E-state index in [4.69, 9.17) is 4.74 Å². The molecule has 0 saturated carbocycles. The van der Waals surface area contributed by atoms with Crippen LogP contribution in [0.15, 0.2) is 24.4 Å². The molecule has 1 aromatic rings. The summed E-state index contributed by atoms with van der Waals surface area (Å²) in [6.45, 7) is 4.80. The number of amides is 1. The van der Waals surface area contributed by atoms with Crippen LogP contribution in [0.2, 0.25) is 0 Å². The molecule has 2 atom stereocenters. The van der Waals surface area contributed by atoms with E-state index in [2.05, 4.69) is 14.8 Å². The summed E-state index contributed by atoms with van der Waals surface area (Å²) in [6.07, 6.45) is 6.35. The molecule has 0 unspecified atom stereocenters. The highest BCUT2D eigenvalue weighted by Crippen LogP contribution is 2.31. The summed E-state index contributed by atoms with van der Waals surface area (Å²) in [4.78, 5) is 21.8. The summed E-state index contributed by atoms with van der Waals surface area (Å²) >= 11 is 0. The highest BCUT2D eigenvalue weighted by Gasteiger charge is 2.39. The van der Waals surface area contributed by atoms with Crippen molar-refractivity contribution in [3.63, 3.8) is 0 Å². The molecule has 1 aromatic heterocycles. The molecule has 5 nitrogen and oxygen atoms in total. The van der Waals surface area contributed by atoms with Gasteiger partial charge in [-0.1, -0.05) is 6.07 Å². The number of carbonyl (C=O) groups excluding carboxylic acids is 1. The molecular weight excluding hydrogens is 290 g/mol. The fourth-order valence-corrected chi connectivity index (χ4v) is 4.35. The minimum Gasteiger partial charge on any atom is -0.381 e. The van der Waals surface area contributed by atoms with Gasteiger partial charge in [0.25, 0.3) is 5.91 Å². The van der Waals surface area contributed by atoms with Gasteiger partial charge in [0.2, 0.25) is 0 Å². The van der Waals surface area contributed by atoms with Gasteiger partial charge in [-0.15, -0.1) is 0 Å². The van der Waals surface area contributed by atoms with Gasteiger partial charge >= 0.3 is 0 Å². The first-order valence-corrected chi connectivity index (χ1v) is 8.85. The number of ether oxygens (including phenoxy) is 1. The number of pyridine rings is 1. The normalized spacial score (nSPS) is 29.5. The molecule has 124 valence electrons. The molecule has 0 N–H and O–H groups in total. The van der Waals surface area contributed by atoms with Crippen LogP contribution in [0.4, 0.5) is 0 Å². The van der Waals surface area contributed by atoms with Gasteiger partial charge in [0.1, 0.15) is 5.69 Å². The zero-order chi connectivity index (χ0) is 15.6. The van der Waals surface area contributed by atoms with Crippen LogP contribution in [0.5, 0.6) is 0 Å². The molecule has 0 radical (unpaired) electrons. The summed E-state index contributed by atoms with van der Waals surface area (Å²) < 4.78 is 5.51. The van der Waals surface area contributed by atoms with Crippen molar-refractivity contribution in [2.45, 2.75) is 37.8 Å². The zero-order valence-corrected chi connectivity index (χ0v) is 13.6. The highest BCUT2D eigenvalue weighted by molar-refractivity contribution is 5.92. The second-order valence-corrected chi connectivity index (χ2v) is 7.07. The monoisotopic (exact) mass is 315 g/mol. The maximum Gasteiger partial charge on any atom is 0.272 e. The number of fused-ring (bicyclic) bond motifs is 4. The van der Waals surface area contributed by atoms with Gasteiger partial charge in [0.05, 0.1) is 0 Å². The number of hydrogen-bond donors (Lipinski definition) is 0. The van der Waals surface area contributed by atoms with Gasteiger partial charge in [-0.25, -0.2) is 0 Å². The van der Waals surface area contributed by atoms with Gasteiger partial charge < -0.3 is 9.64 Å². The Morgan fingerprint density at radius 1 is 1.04 bits per heavy atom. The minimum atomic E-state index is 0.106. The quantitative estimate of drug-likeness (QED) is 0.835. The van der Waals surface area contributed by atoms with E-state index in [9.17, 15) is 4.79 Å². The van der Waals surface area contributed by atoms with Gasteiger partial charge in [0, 0.05) is 51.1 Å². The Morgan fingerprint density at radius 2 is 1.91 bits per heavy atom. The topological polar surface area (TPSA) is 45.7 Å². The molecule has 1 amide bonds. The van der Waals surface area contributed by atoms with E-state index in [-0.39, 0.29) is 5.91 Å². The van der Waals surface area contributed by atoms with Gasteiger partial charge in [-0.05, 0) is 43.7 Å². The Balaban J connectivity index is 1.50. The van der Waals surface area contributed by atoms with Crippen LogP contribution in [-0.2, 0) is 4.74 Å². The van der Waals surface area contributed by atoms with Gasteiger partial charge in [-0.3, -0.25) is 14.7 Å². The lowest BCUT2D eigenvalue weighted by Gasteiger charge is -2.36. The smallest absolute Gasteiger partial charge is 0.272 e. The highest BCUT2D eigenvalue weighted by atomic mass is 16.5. The van der Waals surface area contributed by atoms with E-state index in [0.29, 0.717) is 23.7 Å². The van der Waals surface area contributed by atoms with Crippen molar-refractivity contribution in [2.24, 2.45) is 5.92 Å². The van der Waals surface area contributed by atoms with Crippen molar-refractivity contribution in [3.8, 4) is 0 Å². The molecule has 5 rings (SSSR count). The molecular formula is C18H25N3O2. The second-order valence-electron chi connectivity index (χ2n) is 7.07. The van der Waals surface area contributed by atoms with E-state index in [1.165, 1.54) is 6.42 Å². The summed E-state index contributed by atoms with van der Waals surface area (Å²) in [5.74, 6) is 0.707. The van der Waals surface area contributed by atoms with Crippen LogP contribution in [-0.4, -0.2) is 65.6 Å². The fourth-order valence-electron chi connectivity index (χ4n) is 4.35. The first kappa shape index (κ1) is 15.1. The molecule has 2 bridgehead atoms. The van der Waals surface area contributed by atoms with Crippen LogP contribution in [0, 0.1) is 5.92 Å². The van der Waals surface area contributed by atoms with E-state index < -0.39 is 0 Å². The third-order valence-electron chi connectivity index (χ3n) is 5.59. The number of nitrogens with zero attached hydrogens (tertiary/aromatic N) is 3. The summed E-state index contributed by atoms with van der Waals surface area (Å²) in [6, 6.07) is 6.56. The third kappa shape index (κ3) is 3.12. The molecule has 0 spiro atoms. The van der Waals surface area contributed by atoms with Crippen molar-refractivity contribution in [2.75, 3.05) is 32.8 Å². The number of hydrogen-bond acceptors (Lipinski definition) is 4. The Hall–Kier alpha value is -1.46. The lowest BCUT2D eigenvalue weighted by atomic mass is 9.94. The lowest BCUT2D eigenvalue weighted by molar-refractivity contribution is 0.0304. The van der Waals surface area contributed by atoms with Crippen LogP contribution in [0.1, 0.15) is 36.2 Å². The predicted molar refractivity (Wildman–Crippen MR) is 87.2 cm³/mol. The Morgan fingerprint density at radius 3 is 2.70 bits per heavy atom. The molecule has 0 aliphatic carbocycles. The maximum absolute atomic E-state index is 12.9. The van der Waals surface area contributed by atoms with E-state index in [1.807, 2.05) is 18.2 Å². The lowest BCUT2D eigenvalue weighted by Crippen LogP contribution is -2.48. The average molecular weight is 315 g/mol. The molecule has 5 heterocycles. The van der Waals surface area contributed by atoms with Crippen LogP contribution < -0.4 is 0 Å². The Bertz CT molecular complexity index is 544. The van der Waals surface area contributed by atoms with E-state index in [1.54, 1.807) is 6.20 Å². The predicted octanol–water partition coefficient (Wildman–Crippen LogP) is 1.80. The number of piperidine rings is 1. The zero-order valence-electron chi connectivity index (χ0n) is 13.6. The van der Waals surface area contributed by atoms with Crippen LogP contribution in [0.3, 0.4) is 0 Å². The third-order valence-corrected chi connectivity index (χ3v) is 5.59. The van der Waals surface area contributed by atoms with Crippen LogP contribution in [0.25, 0.3) is 0 Å². The minimum absolute atomic E-state index is 0.106. The summed E-state index contributed by atoms with van der Waals surface area (Å²) in [5, 5.41) is 0. The first-order valence-electron chi connectivity index (χ1n) is 8.85. The standard InChI is InChI=1S/C18H25N3O2/c22-18(17-3-1-2-8-19-17)21-12-14-4-5-16(21)13-20(11-14)15-6-9-23-10-7-15/h1-3,8,14-16H,4-7,9-13H2/t14-,16+/m0/s1. The second kappa shape index (κ2) is 6.57. The largest absolute Gasteiger partial charge is 0.381 e. The molecule has 4 fully saturated rings. The molecule has 4 saturated heterocycles. The molecule has 23 heavy (non-hydrogen) atoms. The van der Waals surface area contributed by atoms with Crippen molar-refractivity contribution in [3.05, 3.63) is 30.1 Å². The number of aromatic nitrogens is 1.